The van der Waals surface area contributed by atoms with Crippen LogP contribution in [0.3, 0.4) is 0 Å². The Morgan fingerprint density at radius 2 is 2.17 bits per heavy atom. The van der Waals surface area contributed by atoms with E-state index >= 15 is 0 Å². The van der Waals surface area contributed by atoms with Crippen LogP contribution in [-0.2, 0) is 0 Å². The molecule has 0 amide bonds. The number of nitrogens with two attached hydrogens (primary N) is 1. The molecule has 1 spiro atoms. The molecular weight excluding hydrogens is 148 g/mol. The van der Waals surface area contributed by atoms with Crippen molar-refractivity contribution in [3.63, 3.8) is 0 Å². The van der Waals surface area contributed by atoms with Crippen LogP contribution in [0.2, 0.25) is 0 Å². The van der Waals surface area contributed by atoms with Gasteiger partial charge in [-0.25, -0.2) is 0 Å². The molecule has 0 aromatic heterocycles. The predicted octanol–water partition coefficient (Wildman–Crippen LogP) is 1.21. The molecule has 0 bridgehead atoms. The Bertz CT molecular complexity index is 161. The van der Waals surface area contributed by atoms with Crippen molar-refractivity contribution < 1.29 is 0 Å². The molecule has 2 fully saturated rings. The van der Waals surface area contributed by atoms with Gasteiger partial charge in [0, 0.05) is 19.1 Å². The molecule has 1 saturated carbocycles. The first-order valence-electron chi connectivity index (χ1n) is 5.18. The molecule has 0 aromatic carbocycles. The maximum absolute atomic E-state index is 5.79. The van der Waals surface area contributed by atoms with Gasteiger partial charge in [-0.3, -0.25) is 0 Å². The second-order valence-corrected chi connectivity index (χ2v) is 4.82. The highest BCUT2D eigenvalue weighted by atomic mass is 15.2. The van der Waals surface area contributed by atoms with Crippen molar-refractivity contribution in [2.75, 3.05) is 19.6 Å². The molecule has 0 aromatic rings. The Morgan fingerprint density at radius 1 is 1.42 bits per heavy atom. The van der Waals surface area contributed by atoms with Crippen LogP contribution in [-0.4, -0.2) is 30.6 Å². The highest BCUT2D eigenvalue weighted by molar-refractivity contribution is 4.98. The third-order valence-electron chi connectivity index (χ3n) is 3.24. The maximum Gasteiger partial charge on any atom is 0.0139 e. The van der Waals surface area contributed by atoms with E-state index in [1.54, 1.807) is 0 Å². The molecule has 70 valence electrons. The van der Waals surface area contributed by atoms with Crippen molar-refractivity contribution in [1.82, 2.24) is 4.90 Å². The van der Waals surface area contributed by atoms with E-state index in [1.165, 1.54) is 38.8 Å². The zero-order valence-corrected chi connectivity index (χ0v) is 8.05. The van der Waals surface area contributed by atoms with E-state index in [-0.39, 0.29) is 0 Å². The minimum absolute atomic E-state index is 0.346. The van der Waals surface area contributed by atoms with Gasteiger partial charge in [-0.15, -0.1) is 0 Å². The largest absolute Gasteiger partial charge is 0.327 e. The van der Waals surface area contributed by atoms with Gasteiger partial charge in [-0.2, -0.15) is 0 Å². The van der Waals surface area contributed by atoms with E-state index in [2.05, 4.69) is 11.8 Å². The molecule has 1 saturated heterocycles. The highest BCUT2D eigenvalue weighted by Crippen LogP contribution is 2.51. The van der Waals surface area contributed by atoms with Gasteiger partial charge in [0.2, 0.25) is 0 Å². The van der Waals surface area contributed by atoms with E-state index in [1.807, 2.05) is 0 Å². The summed E-state index contributed by atoms with van der Waals surface area (Å²) in [6.07, 6.45) is 5.82. The van der Waals surface area contributed by atoms with Gasteiger partial charge in [0.1, 0.15) is 0 Å². The van der Waals surface area contributed by atoms with Crippen molar-refractivity contribution in [2.45, 2.75) is 38.6 Å². The molecule has 12 heavy (non-hydrogen) atoms. The molecule has 1 aliphatic carbocycles. The summed E-state index contributed by atoms with van der Waals surface area (Å²) in [4.78, 5) is 2.56. The third kappa shape index (κ3) is 1.80. The summed E-state index contributed by atoms with van der Waals surface area (Å²) in [5, 5.41) is 0. The SMILES string of the molecule is CC(N)CN1CCCC2(CC2)C1. The Hall–Kier alpha value is -0.0800. The zero-order valence-electron chi connectivity index (χ0n) is 8.05. The first kappa shape index (κ1) is 8.52. The molecule has 1 atom stereocenters. The molecular formula is C10H20N2. The lowest BCUT2D eigenvalue weighted by Crippen LogP contribution is -2.42. The summed E-state index contributed by atoms with van der Waals surface area (Å²) in [6.45, 7) is 5.81. The number of hydrogen-bond acceptors (Lipinski definition) is 2. The molecule has 2 nitrogen and oxygen atoms in total. The lowest BCUT2D eigenvalue weighted by molar-refractivity contribution is 0.155. The van der Waals surface area contributed by atoms with Crippen LogP contribution in [0.5, 0.6) is 0 Å². The van der Waals surface area contributed by atoms with E-state index in [0.717, 1.165) is 12.0 Å². The Labute approximate surface area is 75.1 Å². The number of rotatable bonds is 2. The van der Waals surface area contributed by atoms with Crippen molar-refractivity contribution in [3.8, 4) is 0 Å². The van der Waals surface area contributed by atoms with Crippen LogP contribution < -0.4 is 5.73 Å². The number of piperidine rings is 1. The summed E-state index contributed by atoms with van der Waals surface area (Å²) in [6, 6.07) is 0.346. The van der Waals surface area contributed by atoms with Gasteiger partial charge in [0.15, 0.2) is 0 Å². The first-order chi connectivity index (χ1) is 5.70. The highest BCUT2D eigenvalue weighted by Gasteiger charge is 2.45. The molecule has 1 aliphatic heterocycles. The third-order valence-corrected chi connectivity index (χ3v) is 3.24. The van der Waals surface area contributed by atoms with Crippen molar-refractivity contribution in [2.24, 2.45) is 11.1 Å². The summed E-state index contributed by atoms with van der Waals surface area (Å²) in [5.41, 5.74) is 6.55. The minimum Gasteiger partial charge on any atom is -0.327 e. The molecule has 2 heteroatoms. The quantitative estimate of drug-likeness (QED) is 0.671. The summed E-state index contributed by atoms with van der Waals surface area (Å²) >= 11 is 0. The Kier molecular flexibility index (Phi) is 2.13. The van der Waals surface area contributed by atoms with E-state index < -0.39 is 0 Å². The fraction of sp³-hybridized carbons (Fsp3) is 1.00. The van der Waals surface area contributed by atoms with Crippen molar-refractivity contribution in [1.29, 1.82) is 0 Å². The Morgan fingerprint density at radius 3 is 2.75 bits per heavy atom. The average Bonchev–Trinajstić information content (AvgIpc) is 2.68. The van der Waals surface area contributed by atoms with Crippen LogP contribution in [0.4, 0.5) is 0 Å². The monoisotopic (exact) mass is 168 g/mol. The second kappa shape index (κ2) is 3.00. The van der Waals surface area contributed by atoms with E-state index in [9.17, 15) is 0 Å². The number of nitrogens with zero attached hydrogens (tertiary/aromatic N) is 1. The lowest BCUT2D eigenvalue weighted by Gasteiger charge is -2.33. The normalized spacial score (nSPS) is 30.5. The van der Waals surface area contributed by atoms with Crippen LogP contribution >= 0.6 is 0 Å². The van der Waals surface area contributed by atoms with Gasteiger partial charge in [-0.05, 0) is 44.6 Å². The molecule has 0 radical (unpaired) electrons. The minimum atomic E-state index is 0.346. The standard InChI is InChI=1S/C10H20N2/c1-9(11)7-12-6-2-3-10(8-12)4-5-10/h9H,2-8,11H2,1H3. The second-order valence-electron chi connectivity index (χ2n) is 4.82. The maximum atomic E-state index is 5.79. The van der Waals surface area contributed by atoms with E-state index in [0.29, 0.717) is 6.04 Å². The predicted molar refractivity (Wildman–Crippen MR) is 51.0 cm³/mol. The molecule has 2 rings (SSSR count). The van der Waals surface area contributed by atoms with Gasteiger partial charge >= 0.3 is 0 Å². The molecule has 2 aliphatic rings. The molecule has 1 unspecified atom stereocenters. The Balaban J connectivity index is 1.83. The van der Waals surface area contributed by atoms with Crippen molar-refractivity contribution >= 4 is 0 Å². The summed E-state index contributed by atoms with van der Waals surface area (Å²) in [5.74, 6) is 0. The van der Waals surface area contributed by atoms with Crippen molar-refractivity contribution in [3.05, 3.63) is 0 Å². The zero-order chi connectivity index (χ0) is 8.60. The van der Waals surface area contributed by atoms with Gasteiger partial charge in [0.05, 0.1) is 0 Å². The number of likely N-dealkylation sites (tertiary alicyclic amines) is 1. The smallest absolute Gasteiger partial charge is 0.0139 e. The van der Waals surface area contributed by atoms with E-state index in [4.69, 9.17) is 5.73 Å². The van der Waals surface area contributed by atoms with Crippen LogP contribution in [0.1, 0.15) is 32.6 Å². The van der Waals surface area contributed by atoms with Crippen LogP contribution in [0.15, 0.2) is 0 Å². The number of hydrogen-bond donors (Lipinski definition) is 1. The summed E-state index contributed by atoms with van der Waals surface area (Å²) < 4.78 is 0. The molecule has 1 heterocycles. The fourth-order valence-electron chi connectivity index (χ4n) is 2.46. The first-order valence-corrected chi connectivity index (χ1v) is 5.18. The summed E-state index contributed by atoms with van der Waals surface area (Å²) in [7, 11) is 0. The van der Waals surface area contributed by atoms with Crippen LogP contribution in [0, 0.1) is 5.41 Å². The van der Waals surface area contributed by atoms with Gasteiger partial charge < -0.3 is 10.6 Å². The molecule has 2 N–H and O–H groups in total. The fourth-order valence-corrected chi connectivity index (χ4v) is 2.46. The lowest BCUT2D eigenvalue weighted by atomic mass is 9.95. The van der Waals surface area contributed by atoms with Crippen LogP contribution in [0.25, 0.3) is 0 Å². The van der Waals surface area contributed by atoms with Gasteiger partial charge in [0.25, 0.3) is 0 Å². The van der Waals surface area contributed by atoms with Gasteiger partial charge in [-0.1, -0.05) is 0 Å². The topological polar surface area (TPSA) is 29.3 Å². The average molecular weight is 168 g/mol.